The van der Waals surface area contributed by atoms with Gasteiger partial charge in [0.2, 0.25) is 21.8 Å². The molecule has 0 spiro atoms. The Balaban J connectivity index is 1.23. The highest BCUT2D eigenvalue weighted by atomic mass is 32.2. The van der Waals surface area contributed by atoms with Gasteiger partial charge in [0.05, 0.1) is 6.54 Å². The third-order valence-electron chi connectivity index (χ3n) is 7.01. The Bertz CT molecular complexity index is 1160. The van der Waals surface area contributed by atoms with Crippen molar-refractivity contribution in [1.82, 2.24) is 19.1 Å². The summed E-state index contributed by atoms with van der Waals surface area (Å²) in [6, 6.07) is 9.01. The minimum Gasteiger partial charge on any atom is -0.340 e. The van der Waals surface area contributed by atoms with Gasteiger partial charge < -0.3 is 10.2 Å². The first kappa shape index (κ1) is 25.3. The Kier molecular flexibility index (Phi) is 7.83. The number of carbonyl (C=O) groups is 2. The summed E-state index contributed by atoms with van der Waals surface area (Å²) in [6.45, 7) is 7.38. The van der Waals surface area contributed by atoms with E-state index in [1.807, 2.05) is 36.9 Å². The molecule has 1 aromatic heterocycles. The van der Waals surface area contributed by atoms with E-state index in [1.165, 1.54) is 10.5 Å². The van der Waals surface area contributed by atoms with Gasteiger partial charge in [0.15, 0.2) is 0 Å². The lowest BCUT2D eigenvalue weighted by Gasteiger charge is -2.38. The third kappa shape index (κ3) is 5.88. The van der Waals surface area contributed by atoms with Crippen LogP contribution in [0.1, 0.15) is 24.0 Å². The Labute approximate surface area is 207 Å². The van der Waals surface area contributed by atoms with Crippen molar-refractivity contribution in [1.29, 1.82) is 0 Å². The summed E-state index contributed by atoms with van der Waals surface area (Å²) < 4.78 is 27.0. The maximum Gasteiger partial charge on any atom is 0.244 e. The van der Waals surface area contributed by atoms with Crippen molar-refractivity contribution in [2.45, 2.75) is 31.6 Å². The molecule has 0 atom stereocenters. The van der Waals surface area contributed by atoms with Gasteiger partial charge in [-0.15, -0.1) is 0 Å². The zero-order valence-electron chi connectivity index (χ0n) is 20.3. The zero-order valence-corrected chi connectivity index (χ0v) is 21.1. The highest BCUT2D eigenvalue weighted by molar-refractivity contribution is 7.89. The number of pyridine rings is 1. The number of nitrogens with zero attached hydrogens (tertiary/aromatic N) is 4. The van der Waals surface area contributed by atoms with Crippen LogP contribution in [0, 0.1) is 19.8 Å². The van der Waals surface area contributed by atoms with E-state index in [1.54, 1.807) is 18.3 Å². The second-order valence-corrected chi connectivity index (χ2v) is 11.2. The van der Waals surface area contributed by atoms with Crippen LogP contribution in [0.25, 0.3) is 0 Å². The highest BCUT2D eigenvalue weighted by Crippen LogP contribution is 2.25. The number of rotatable bonds is 6. The van der Waals surface area contributed by atoms with Crippen molar-refractivity contribution in [2.24, 2.45) is 5.92 Å². The Morgan fingerprint density at radius 2 is 1.71 bits per heavy atom. The number of hydrogen-bond donors (Lipinski definition) is 1. The molecule has 0 radical (unpaired) electrons. The molecule has 1 aromatic carbocycles. The zero-order chi connectivity index (χ0) is 25.0. The van der Waals surface area contributed by atoms with Crippen molar-refractivity contribution < 1.29 is 18.0 Å². The van der Waals surface area contributed by atoms with E-state index >= 15 is 0 Å². The number of piperidine rings is 1. The summed E-state index contributed by atoms with van der Waals surface area (Å²) in [5, 5.41) is 2.99. The molecule has 188 valence electrons. The van der Waals surface area contributed by atoms with Gasteiger partial charge in [0.25, 0.3) is 0 Å². The summed E-state index contributed by atoms with van der Waals surface area (Å²) in [5.74, 6) is -0.141. The number of carbonyl (C=O) groups excluding carboxylic acids is 2. The predicted octanol–water partition coefficient (Wildman–Crippen LogP) is 1.88. The Morgan fingerprint density at radius 3 is 2.37 bits per heavy atom. The van der Waals surface area contributed by atoms with Crippen LogP contribution in [0.3, 0.4) is 0 Å². The predicted molar refractivity (Wildman–Crippen MR) is 133 cm³/mol. The van der Waals surface area contributed by atoms with Crippen LogP contribution in [0.4, 0.5) is 5.69 Å². The van der Waals surface area contributed by atoms with E-state index in [-0.39, 0.29) is 22.6 Å². The molecular weight excluding hydrogens is 466 g/mol. The van der Waals surface area contributed by atoms with Gasteiger partial charge in [0, 0.05) is 63.3 Å². The number of benzene rings is 1. The number of anilines is 1. The van der Waals surface area contributed by atoms with Crippen molar-refractivity contribution in [3.63, 3.8) is 0 Å². The first-order valence-corrected chi connectivity index (χ1v) is 13.5. The fourth-order valence-corrected chi connectivity index (χ4v) is 6.09. The average molecular weight is 500 g/mol. The van der Waals surface area contributed by atoms with Crippen molar-refractivity contribution in [3.8, 4) is 0 Å². The molecule has 35 heavy (non-hydrogen) atoms. The third-order valence-corrected chi connectivity index (χ3v) is 8.89. The van der Waals surface area contributed by atoms with Gasteiger partial charge in [-0.3, -0.25) is 19.5 Å². The van der Waals surface area contributed by atoms with Gasteiger partial charge in [-0.2, -0.15) is 4.31 Å². The van der Waals surface area contributed by atoms with Gasteiger partial charge in [-0.05, 0) is 56.0 Å². The molecule has 1 N–H and O–H groups in total. The molecule has 0 unspecified atom stereocenters. The normalized spacial score (nSPS) is 18.4. The molecule has 2 aliphatic heterocycles. The second-order valence-electron chi connectivity index (χ2n) is 9.26. The number of nitrogens with one attached hydrogen (secondary N) is 1. The minimum absolute atomic E-state index is 0.0549. The summed E-state index contributed by atoms with van der Waals surface area (Å²) in [5.41, 5.74) is 3.03. The van der Waals surface area contributed by atoms with Crippen molar-refractivity contribution >= 4 is 27.5 Å². The lowest BCUT2D eigenvalue weighted by molar-refractivity contribution is -0.138. The fourth-order valence-electron chi connectivity index (χ4n) is 4.66. The lowest BCUT2D eigenvalue weighted by Crippen LogP contribution is -2.53. The fraction of sp³-hybridized carbons (Fsp3) is 0.480. The molecule has 0 bridgehead atoms. The van der Waals surface area contributed by atoms with Gasteiger partial charge >= 0.3 is 0 Å². The molecule has 2 fully saturated rings. The molecule has 0 aliphatic carbocycles. The van der Waals surface area contributed by atoms with E-state index in [4.69, 9.17) is 0 Å². The summed E-state index contributed by atoms with van der Waals surface area (Å²) >= 11 is 0. The van der Waals surface area contributed by atoms with Crippen LogP contribution < -0.4 is 5.32 Å². The molecule has 9 nitrogen and oxygen atoms in total. The lowest BCUT2D eigenvalue weighted by atomic mass is 9.96. The topological polar surface area (TPSA) is 103 Å². The standard InChI is InChI=1S/C25H33N5O4S/c1-19-5-3-7-23(20(19)2)27-24(31)18-28-13-15-29(16-14-28)25(32)21-8-11-30(12-9-21)35(33,34)22-6-4-10-26-17-22/h3-7,10,17,21H,8-9,11-16,18H2,1-2H3,(H,27,31). The minimum atomic E-state index is -3.58. The molecule has 0 saturated carbocycles. The Morgan fingerprint density at radius 1 is 1.00 bits per heavy atom. The summed E-state index contributed by atoms with van der Waals surface area (Å²) in [4.78, 5) is 33.6. The van der Waals surface area contributed by atoms with Gasteiger partial charge in [-0.1, -0.05) is 12.1 Å². The molecule has 2 saturated heterocycles. The van der Waals surface area contributed by atoms with E-state index in [2.05, 4.69) is 15.2 Å². The van der Waals surface area contributed by atoms with Gasteiger partial charge in [-0.25, -0.2) is 8.42 Å². The van der Waals surface area contributed by atoms with Crippen LogP contribution in [0.15, 0.2) is 47.6 Å². The van der Waals surface area contributed by atoms with Crippen LogP contribution in [-0.4, -0.2) is 85.1 Å². The number of sulfonamides is 1. The smallest absolute Gasteiger partial charge is 0.244 e. The van der Waals surface area contributed by atoms with Crippen molar-refractivity contribution in [2.75, 3.05) is 51.1 Å². The SMILES string of the molecule is Cc1cccc(NC(=O)CN2CCN(C(=O)C3CCN(S(=O)(=O)c4cccnc4)CC3)CC2)c1C. The molecule has 3 heterocycles. The summed E-state index contributed by atoms with van der Waals surface area (Å²) in [6.07, 6.45) is 3.92. The van der Waals surface area contributed by atoms with Crippen LogP contribution >= 0.6 is 0 Å². The first-order chi connectivity index (χ1) is 16.8. The number of aryl methyl sites for hydroxylation is 1. The number of hydrogen-bond acceptors (Lipinski definition) is 6. The maximum atomic E-state index is 13.1. The summed E-state index contributed by atoms with van der Waals surface area (Å²) in [7, 11) is -3.58. The van der Waals surface area contributed by atoms with E-state index in [0.29, 0.717) is 58.7 Å². The molecule has 10 heteroatoms. The monoisotopic (exact) mass is 499 g/mol. The van der Waals surface area contributed by atoms with Crippen LogP contribution in [-0.2, 0) is 19.6 Å². The Hall–Kier alpha value is -2.82. The molecular formula is C25H33N5O4S. The number of aromatic nitrogens is 1. The van der Waals surface area contributed by atoms with Gasteiger partial charge in [0.1, 0.15) is 4.90 Å². The molecule has 2 aliphatic rings. The maximum absolute atomic E-state index is 13.1. The van der Waals surface area contributed by atoms with Crippen LogP contribution in [0.2, 0.25) is 0 Å². The van der Waals surface area contributed by atoms with Crippen LogP contribution in [0.5, 0.6) is 0 Å². The first-order valence-electron chi connectivity index (χ1n) is 12.0. The van der Waals surface area contributed by atoms with E-state index in [9.17, 15) is 18.0 Å². The highest BCUT2D eigenvalue weighted by Gasteiger charge is 2.34. The quantitative estimate of drug-likeness (QED) is 0.651. The second kappa shape index (κ2) is 10.8. The van der Waals surface area contributed by atoms with Crippen molar-refractivity contribution in [3.05, 3.63) is 53.9 Å². The van der Waals surface area contributed by atoms with E-state index < -0.39 is 10.0 Å². The molecule has 2 aromatic rings. The molecule has 2 amide bonds. The largest absolute Gasteiger partial charge is 0.340 e. The number of piperazine rings is 1. The van der Waals surface area contributed by atoms with E-state index in [0.717, 1.165) is 16.8 Å². The molecule has 4 rings (SSSR count). The average Bonchev–Trinajstić information content (AvgIpc) is 2.87. The number of amides is 2.